The van der Waals surface area contributed by atoms with Crippen LogP contribution in [-0.2, 0) is 57.0 Å². The number of alkyl carbamates (subject to hydrolysis) is 4. The topological polar surface area (TPSA) is 258 Å². The number of nitrogens with zero attached hydrogens (tertiary/aromatic N) is 1. The van der Waals surface area contributed by atoms with E-state index in [4.69, 9.17) is 47.4 Å². The summed E-state index contributed by atoms with van der Waals surface area (Å²) in [6, 6.07) is 0. The van der Waals surface area contributed by atoms with Crippen LogP contribution in [0, 0.1) is 0 Å². The van der Waals surface area contributed by atoms with Crippen molar-refractivity contribution in [2.24, 2.45) is 0 Å². The van der Waals surface area contributed by atoms with E-state index in [1.807, 2.05) is 11.8 Å². The van der Waals surface area contributed by atoms with E-state index < -0.39 is 30.5 Å². The molecule has 22 nitrogen and oxygen atoms in total. The van der Waals surface area contributed by atoms with Crippen molar-refractivity contribution in [1.82, 2.24) is 31.5 Å². The molecule has 0 aromatic heterocycles. The molecule has 0 unspecified atom stereocenters. The van der Waals surface area contributed by atoms with Crippen LogP contribution in [0.1, 0.15) is 33.1 Å². The van der Waals surface area contributed by atoms with E-state index in [1.165, 1.54) is 21.1 Å². The molecular formula is C34H64N6O16. The number of esters is 1. The highest BCUT2D eigenvalue weighted by Crippen LogP contribution is 2.04. The molecule has 0 rings (SSSR count). The minimum Gasteiger partial charge on any atom is -0.465 e. The Hall–Kier alpha value is -4.22. The number of nitrogens with one attached hydrogen (secondary N) is 5. The molecule has 0 aliphatic rings. The van der Waals surface area contributed by atoms with Gasteiger partial charge in [0.2, 0.25) is 5.91 Å². The average Bonchev–Trinajstić information content (AvgIpc) is 3.16. The summed E-state index contributed by atoms with van der Waals surface area (Å²) >= 11 is 0. The number of hydrogen-bond acceptors (Lipinski definition) is 17. The summed E-state index contributed by atoms with van der Waals surface area (Å²) in [4.78, 5) is 72.5. The normalized spacial score (nSPS) is 10.8. The van der Waals surface area contributed by atoms with E-state index in [1.54, 1.807) is 0 Å². The molecule has 22 heteroatoms. The molecule has 0 spiro atoms. The summed E-state index contributed by atoms with van der Waals surface area (Å²) in [7, 11) is 2.97. The van der Waals surface area contributed by atoms with Crippen LogP contribution in [0.25, 0.3) is 0 Å². The lowest BCUT2D eigenvalue weighted by Gasteiger charge is -2.19. The summed E-state index contributed by atoms with van der Waals surface area (Å²) in [6.07, 6.45) is -2.60. The molecule has 0 atom stereocenters. The zero-order valence-electron chi connectivity index (χ0n) is 33.3. The fourth-order valence-electron chi connectivity index (χ4n) is 4.12. The Balaban J connectivity index is 3.96. The quantitative estimate of drug-likeness (QED) is 0.0315. The number of rotatable bonds is 35. The molecular weight excluding hydrogens is 748 g/mol. The van der Waals surface area contributed by atoms with Crippen LogP contribution in [0.4, 0.5) is 19.2 Å². The van der Waals surface area contributed by atoms with Crippen molar-refractivity contribution in [2.75, 3.05) is 146 Å². The standard InChI is InChI=1S/C34H64N6O16/c1-5-40(14-20-52-28(2)41)15-21-53-33(45)38-12-19-51-25-24-50-17-11-35-30(42)8-16-49-18-13-39-34(46)56-29(6-9-36-31(43)54-26-22-47-3)7-10-37-32(44)55-27-23-48-4/h29H,5-27H2,1-4H3,(H,35,42)(H,36,43)(H,37,44)(H,38,45)(H,39,46). The summed E-state index contributed by atoms with van der Waals surface area (Å²) in [5.41, 5.74) is 0. The van der Waals surface area contributed by atoms with Crippen molar-refractivity contribution >= 4 is 36.2 Å². The number of methoxy groups -OCH3 is 2. The molecule has 0 bridgehead atoms. The van der Waals surface area contributed by atoms with Crippen LogP contribution in [0.15, 0.2) is 0 Å². The zero-order valence-corrected chi connectivity index (χ0v) is 33.3. The monoisotopic (exact) mass is 812 g/mol. The lowest BCUT2D eigenvalue weighted by molar-refractivity contribution is -0.141. The molecule has 56 heavy (non-hydrogen) atoms. The second kappa shape index (κ2) is 37.7. The van der Waals surface area contributed by atoms with Gasteiger partial charge in [0.25, 0.3) is 0 Å². The Morgan fingerprint density at radius 1 is 0.500 bits per heavy atom. The smallest absolute Gasteiger partial charge is 0.407 e. The van der Waals surface area contributed by atoms with Crippen molar-refractivity contribution in [2.45, 2.75) is 39.2 Å². The van der Waals surface area contributed by atoms with Gasteiger partial charge >= 0.3 is 30.3 Å². The molecule has 0 radical (unpaired) electrons. The molecule has 0 saturated carbocycles. The Morgan fingerprint density at radius 3 is 1.45 bits per heavy atom. The summed E-state index contributed by atoms with van der Waals surface area (Å²) in [6.45, 7) is 8.73. The van der Waals surface area contributed by atoms with Crippen molar-refractivity contribution in [3.8, 4) is 0 Å². The van der Waals surface area contributed by atoms with Crippen LogP contribution in [-0.4, -0.2) is 193 Å². The van der Waals surface area contributed by atoms with Gasteiger partial charge in [0, 0.05) is 86.2 Å². The van der Waals surface area contributed by atoms with E-state index in [-0.39, 0.29) is 123 Å². The number of hydrogen-bond donors (Lipinski definition) is 5. The first kappa shape index (κ1) is 51.8. The van der Waals surface area contributed by atoms with Crippen LogP contribution >= 0.6 is 0 Å². The molecule has 0 aliphatic heterocycles. The van der Waals surface area contributed by atoms with Crippen LogP contribution in [0.5, 0.6) is 0 Å². The first-order valence-electron chi connectivity index (χ1n) is 18.6. The SMILES string of the molecule is CCN(CCOC(C)=O)CCOC(=O)NCCOCCOCCNC(=O)CCOCCNC(=O)OC(CCNC(=O)OCCOC)CCNC(=O)OCCOC. The zero-order chi connectivity index (χ0) is 41.5. The minimum absolute atomic E-state index is 0.0900. The highest BCUT2D eigenvalue weighted by molar-refractivity contribution is 5.75. The van der Waals surface area contributed by atoms with Crippen molar-refractivity contribution in [3.05, 3.63) is 0 Å². The van der Waals surface area contributed by atoms with Gasteiger partial charge in [-0.05, 0) is 6.54 Å². The van der Waals surface area contributed by atoms with Gasteiger partial charge in [-0.1, -0.05) is 6.92 Å². The minimum atomic E-state index is -0.717. The number of amides is 5. The predicted molar refractivity (Wildman–Crippen MR) is 198 cm³/mol. The maximum Gasteiger partial charge on any atom is 0.407 e. The number of ether oxygens (including phenoxy) is 10. The molecule has 0 aromatic rings. The van der Waals surface area contributed by atoms with Crippen molar-refractivity contribution < 1.29 is 76.1 Å². The molecule has 0 aliphatic carbocycles. The summed E-state index contributed by atoms with van der Waals surface area (Å²) in [5, 5.41) is 13.0. The van der Waals surface area contributed by atoms with E-state index in [0.717, 1.165) is 6.54 Å². The highest BCUT2D eigenvalue weighted by Gasteiger charge is 2.16. The molecule has 0 heterocycles. The number of carbonyl (C=O) groups excluding carboxylic acids is 6. The van der Waals surface area contributed by atoms with Gasteiger partial charge in [-0.2, -0.15) is 0 Å². The lowest BCUT2D eigenvalue weighted by Crippen LogP contribution is -2.36. The van der Waals surface area contributed by atoms with E-state index in [0.29, 0.717) is 32.8 Å². The second-order valence-corrected chi connectivity index (χ2v) is 11.4. The Kier molecular flexibility index (Phi) is 34.9. The van der Waals surface area contributed by atoms with Gasteiger partial charge in [-0.3, -0.25) is 14.5 Å². The van der Waals surface area contributed by atoms with Gasteiger partial charge in [0.1, 0.15) is 32.5 Å². The summed E-state index contributed by atoms with van der Waals surface area (Å²) in [5.74, 6) is -0.560. The van der Waals surface area contributed by atoms with Crippen LogP contribution < -0.4 is 26.6 Å². The van der Waals surface area contributed by atoms with Gasteiger partial charge in [-0.25, -0.2) is 19.2 Å². The second-order valence-electron chi connectivity index (χ2n) is 11.4. The average molecular weight is 813 g/mol. The van der Waals surface area contributed by atoms with Crippen LogP contribution in [0.2, 0.25) is 0 Å². The van der Waals surface area contributed by atoms with Gasteiger partial charge in [-0.15, -0.1) is 0 Å². The number of carbonyl (C=O) groups is 6. The fourth-order valence-corrected chi connectivity index (χ4v) is 4.12. The molecule has 326 valence electrons. The van der Waals surface area contributed by atoms with Crippen molar-refractivity contribution in [3.63, 3.8) is 0 Å². The third-order valence-electron chi connectivity index (χ3n) is 7.03. The molecule has 5 amide bonds. The highest BCUT2D eigenvalue weighted by atomic mass is 16.6. The number of likely N-dealkylation sites (N-methyl/N-ethyl adjacent to an activating group) is 1. The third kappa shape index (κ3) is 35.5. The van der Waals surface area contributed by atoms with E-state index >= 15 is 0 Å². The first-order valence-corrected chi connectivity index (χ1v) is 18.6. The third-order valence-corrected chi connectivity index (χ3v) is 7.03. The molecule has 0 fully saturated rings. The maximum atomic E-state index is 12.4. The fraction of sp³-hybridized carbons (Fsp3) is 0.824. The molecule has 0 aromatic carbocycles. The Morgan fingerprint density at radius 2 is 0.946 bits per heavy atom. The maximum absolute atomic E-state index is 12.4. The molecule has 0 saturated heterocycles. The van der Waals surface area contributed by atoms with Gasteiger partial charge in [0.05, 0.1) is 52.9 Å². The van der Waals surface area contributed by atoms with Crippen LogP contribution in [0.3, 0.4) is 0 Å². The Bertz CT molecular complexity index is 1030. The van der Waals surface area contributed by atoms with E-state index in [2.05, 4.69) is 26.6 Å². The lowest BCUT2D eigenvalue weighted by atomic mass is 10.2. The van der Waals surface area contributed by atoms with E-state index in [9.17, 15) is 28.8 Å². The molecule has 5 N–H and O–H groups in total. The largest absolute Gasteiger partial charge is 0.465 e. The summed E-state index contributed by atoms with van der Waals surface area (Å²) < 4.78 is 51.3. The van der Waals surface area contributed by atoms with Gasteiger partial charge in [0.15, 0.2) is 0 Å². The van der Waals surface area contributed by atoms with Crippen molar-refractivity contribution in [1.29, 1.82) is 0 Å². The predicted octanol–water partition coefficient (Wildman–Crippen LogP) is -0.226. The van der Waals surface area contributed by atoms with Gasteiger partial charge < -0.3 is 74.0 Å². The first-order chi connectivity index (χ1) is 27.1. The Labute approximate surface area is 328 Å².